The molecule has 0 unspecified atom stereocenters. The van der Waals surface area contributed by atoms with Crippen LogP contribution in [0.5, 0.6) is 0 Å². The van der Waals surface area contributed by atoms with E-state index in [1.54, 1.807) is 0 Å². The third kappa shape index (κ3) is 2.09. The van der Waals surface area contributed by atoms with Gasteiger partial charge in [0.2, 0.25) is 0 Å². The molecule has 14 heavy (non-hydrogen) atoms. The van der Waals surface area contributed by atoms with Crippen LogP contribution in [0.25, 0.3) is 0 Å². The molecule has 0 aliphatic carbocycles. The van der Waals surface area contributed by atoms with Crippen molar-refractivity contribution in [3.05, 3.63) is 12.2 Å². The van der Waals surface area contributed by atoms with Crippen molar-refractivity contribution < 1.29 is 23.9 Å². The Morgan fingerprint density at radius 2 is 2.29 bits per heavy atom. The van der Waals surface area contributed by atoms with Gasteiger partial charge in [-0.25, -0.2) is 14.5 Å². The van der Waals surface area contributed by atoms with E-state index in [4.69, 9.17) is 0 Å². The quantitative estimate of drug-likeness (QED) is 0.474. The molecule has 0 N–H and O–H groups in total. The van der Waals surface area contributed by atoms with Gasteiger partial charge in [0.25, 0.3) is 5.91 Å². The lowest BCUT2D eigenvalue weighted by Crippen LogP contribution is -2.32. The monoisotopic (exact) mass is 199 g/mol. The van der Waals surface area contributed by atoms with Gasteiger partial charge in [-0.1, -0.05) is 6.58 Å². The number of rotatable bonds is 3. The number of cyclic esters (lactones) is 1. The normalized spacial score (nSPS) is 15.4. The molecule has 1 fully saturated rings. The van der Waals surface area contributed by atoms with Crippen molar-refractivity contribution in [3.8, 4) is 0 Å². The predicted octanol–water partition coefficient (Wildman–Crippen LogP) is 0.0420. The van der Waals surface area contributed by atoms with Crippen molar-refractivity contribution in [1.29, 1.82) is 0 Å². The average Bonchev–Trinajstić information content (AvgIpc) is 2.43. The van der Waals surface area contributed by atoms with E-state index in [0.717, 1.165) is 0 Å². The summed E-state index contributed by atoms with van der Waals surface area (Å²) in [5.41, 5.74) is 0.199. The lowest BCUT2D eigenvalue weighted by molar-refractivity contribution is -0.145. The number of carbonyl (C=O) groups excluding carboxylic acids is 3. The van der Waals surface area contributed by atoms with E-state index in [2.05, 4.69) is 16.1 Å². The molecule has 1 heterocycles. The molecule has 2 amide bonds. The second-order valence-corrected chi connectivity index (χ2v) is 2.72. The lowest BCUT2D eigenvalue weighted by Gasteiger charge is -2.10. The van der Waals surface area contributed by atoms with E-state index in [0.29, 0.717) is 4.90 Å². The van der Waals surface area contributed by atoms with Crippen molar-refractivity contribution in [1.82, 2.24) is 4.90 Å². The minimum Gasteiger partial charge on any atom is -0.440 e. The fourth-order valence-corrected chi connectivity index (χ4v) is 0.752. The second kappa shape index (κ2) is 3.91. The summed E-state index contributed by atoms with van der Waals surface area (Å²) in [5.74, 6) is -1.18. The summed E-state index contributed by atoms with van der Waals surface area (Å²) in [5, 5.41) is 0. The van der Waals surface area contributed by atoms with E-state index >= 15 is 0 Å². The number of carbonyl (C=O) groups is 3. The Labute approximate surface area is 80.1 Å². The van der Waals surface area contributed by atoms with Crippen molar-refractivity contribution >= 4 is 18.0 Å². The zero-order valence-electron chi connectivity index (χ0n) is 7.61. The Balaban J connectivity index is 2.45. The molecule has 6 nitrogen and oxygen atoms in total. The number of amides is 2. The summed E-state index contributed by atoms with van der Waals surface area (Å²) in [6, 6.07) is 0. The van der Waals surface area contributed by atoms with Gasteiger partial charge in [0.15, 0.2) is 13.3 Å². The number of nitrogens with zero attached hydrogens (tertiary/aromatic N) is 1. The van der Waals surface area contributed by atoms with Gasteiger partial charge in [-0.3, -0.25) is 4.79 Å². The molecule has 6 heteroatoms. The minimum atomic E-state index is -0.801. The van der Waals surface area contributed by atoms with Crippen LogP contribution in [0, 0.1) is 0 Å². The fraction of sp³-hybridized carbons (Fsp3) is 0.375. The first kappa shape index (κ1) is 10.2. The zero-order valence-corrected chi connectivity index (χ0v) is 7.61. The smallest absolute Gasteiger partial charge is 0.419 e. The summed E-state index contributed by atoms with van der Waals surface area (Å²) in [6.07, 6.45) is -0.801. The molecule has 1 rings (SSSR count). The highest BCUT2D eigenvalue weighted by Gasteiger charge is 2.31. The maximum Gasteiger partial charge on any atom is 0.419 e. The highest BCUT2D eigenvalue weighted by Crippen LogP contribution is 2.05. The molecule has 0 aromatic carbocycles. The standard InChI is InChI=1S/C8H9NO5/c1-5(2)7(11)14-4-9-6(10)3-13-8(9)12/h1,3-4H2,2H3. The van der Waals surface area contributed by atoms with Crippen LogP contribution in [0.4, 0.5) is 4.79 Å². The van der Waals surface area contributed by atoms with Crippen LogP contribution in [0.3, 0.4) is 0 Å². The number of imide groups is 1. The SMILES string of the molecule is C=C(C)C(=O)OCN1C(=O)COC1=O. The number of esters is 1. The van der Waals surface area contributed by atoms with Crippen molar-refractivity contribution in [2.45, 2.75) is 6.92 Å². The van der Waals surface area contributed by atoms with Gasteiger partial charge in [0, 0.05) is 5.57 Å². The Morgan fingerprint density at radius 3 is 2.71 bits per heavy atom. The van der Waals surface area contributed by atoms with Crippen LogP contribution in [0.1, 0.15) is 6.92 Å². The maximum atomic E-state index is 10.9. The number of hydrogen-bond donors (Lipinski definition) is 0. The topological polar surface area (TPSA) is 72.9 Å². The summed E-state index contributed by atoms with van der Waals surface area (Å²) in [7, 11) is 0. The van der Waals surface area contributed by atoms with E-state index in [9.17, 15) is 14.4 Å². The molecule has 76 valence electrons. The minimum absolute atomic E-state index is 0.199. The highest BCUT2D eigenvalue weighted by molar-refractivity contribution is 5.98. The van der Waals surface area contributed by atoms with Crippen LogP contribution >= 0.6 is 0 Å². The van der Waals surface area contributed by atoms with Crippen LogP contribution in [0.15, 0.2) is 12.2 Å². The Kier molecular flexibility index (Phi) is 2.85. The predicted molar refractivity (Wildman–Crippen MR) is 44.0 cm³/mol. The molecule has 1 saturated heterocycles. The molecule has 0 atom stereocenters. The fourth-order valence-electron chi connectivity index (χ4n) is 0.752. The molecule has 0 spiro atoms. The second-order valence-electron chi connectivity index (χ2n) is 2.72. The number of hydrogen-bond acceptors (Lipinski definition) is 5. The maximum absolute atomic E-state index is 10.9. The first-order valence-electron chi connectivity index (χ1n) is 3.82. The van der Waals surface area contributed by atoms with Gasteiger partial charge < -0.3 is 9.47 Å². The largest absolute Gasteiger partial charge is 0.440 e. The average molecular weight is 199 g/mol. The van der Waals surface area contributed by atoms with Gasteiger partial charge in [-0.05, 0) is 6.92 Å². The Bertz CT molecular complexity index is 293. The van der Waals surface area contributed by atoms with Crippen LogP contribution < -0.4 is 0 Å². The summed E-state index contributed by atoms with van der Waals surface area (Å²) in [6.45, 7) is 4.08. The molecule has 0 bridgehead atoms. The van der Waals surface area contributed by atoms with Crippen LogP contribution in [-0.2, 0) is 19.1 Å². The summed E-state index contributed by atoms with van der Waals surface area (Å²) in [4.78, 5) is 33.4. The molecule has 0 aromatic rings. The first-order chi connectivity index (χ1) is 6.52. The molecule has 0 aromatic heterocycles. The van der Waals surface area contributed by atoms with Crippen molar-refractivity contribution in [2.75, 3.05) is 13.3 Å². The molecule has 0 radical (unpaired) electrons. The van der Waals surface area contributed by atoms with Crippen molar-refractivity contribution in [3.63, 3.8) is 0 Å². The van der Waals surface area contributed by atoms with Crippen molar-refractivity contribution in [2.24, 2.45) is 0 Å². The van der Waals surface area contributed by atoms with E-state index in [-0.39, 0.29) is 12.2 Å². The van der Waals surface area contributed by atoms with Gasteiger partial charge in [0.1, 0.15) is 0 Å². The van der Waals surface area contributed by atoms with Crippen LogP contribution in [0.2, 0.25) is 0 Å². The van der Waals surface area contributed by atoms with Gasteiger partial charge in [-0.15, -0.1) is 0 Å². The van der Waals surface area contributed by atoms with Gasteiger partial charge in [-0.2, -0.15) is 0 Å². The van der Waals surface area contributed by atoms with Crippen LogP contribution in [-0.4, -0.2) is 36.2 Å². The first-order valence-corrected chi connectivity index (χ1v) is 3.82. The molecule has 0 saturated carbocycles. The molecule has 1 aliphatic heterocycles. The summed E-state index contributed by atoms with van der Waals surface area (Å²) < 4.78 is 8.99. The molecule has 1 aliphatic rings. The molecular formula is C8H9NO5. The highest BCUT2D eigenvalue weighted by atomic mass is 16.6. The zero-order chi connectivity index (χ0) is 10.7. The third-order valence-electron chi connectivity index (χ3n) is 1.51. The Hall–Kier alpha value is -1.85. The number of ether oxygens (including phenoxy) is 2. The lowest BCUT2D eigenvalue weighted by atomic mass is 10.4. The van der Waals surface area contributed by atoms with Gasteiger partial charge >= 0.3 is 12.1 Å². The third-order valence-corrected chi connectivity index (χ3v) is 1.51. The van der Waals surface area contributed by atoms with E-state index in [1.807, 2.05) is 0 Å². The van der Waals surface area contributed by atoms with Gasteiger partial charge in [0.05, 0.1) is 0 Å². The van der Waals surface area contributed by atoms with E-state index < -0.39 is 24.7 Å². The van der Waals surface area contributed by atoms with E-state index in [1.165, 1.54) is 6.92 Å². The molecular weight excluding hydrogens is 190 g/mol. The summed E-state index contributed by atoms with van der Waals surface area (Å²) >= 11 is 0. The Morgan fingerprint density at radius 1 is 1.64 bits per heavy atom.